The Balaban J connectivity index is 4.05. The average molecular weight is 211 g/mol. The maximum Gasteiger partial charge on any atom is 0.236 e. The molecular weight excluding hydrogens is 190 g/mol. The first kappa shape index (κ1) is 13.9. The Hall–Kier alpha value is -1.08. The van der Waals surface area contributed by atoms with Gasteiger partial charge in [-0.2, -0.15) is 5.26 Å². The lowest BCUT2D eigenvalue weighted by molar-refractivity contribution is -0.132. The van der Waals surface area contributed by atoms with Gasteiger partial charge in [-0.25, -0.2) is 0 Å². The predicted molar refractivity (Wildman–Crippen MR) is 60.3 cm³/mol. The van der Waals surface area contributed by atoms with E-state index in [2.05, 4.69) is 6.07 Å². The molecule has 0 aliphatic carbocycles. The molecule has 0 N–H and O–H groups in total. The Morgan fingerprint density at radius 1 is 1.20 bits per heavy atom. The normalized spacial score (nSPS) is 10.1. The molecule has 0 unspecified atom stereocenters. The van der Waals surface area contributed by atoms with Crippen LogP contribution in [0.15, 0.2) is 0 Å². The number of rotatable bonds is 7. The molecule has 0 saturated heterocycles. The van der Waals surface area contributed by atoms with Gasteiger partial charge in [-0.15, -0.1) is 0 Å². The van der Waals surface area contributed by atoms with E-state index >= 15 is 0 Å². The van der Waals surface area contributed by atoms with Gasteiger partial charge in [-0.1, -0.05) is 6.92 Å². The number of likely N-dealkylation sites (N-methyl/N-ethyl adjacent to an activating group) is 2. The lowest BCUT2D eigenvalue weighted by atomic mass is 10.3. The van der Waals surface area contributed by atoms with Crippen molar-refractivity contribution in [2.45, 2.75) is 27.2 Å². The number of amides is 1. The average Bonchev–Trinajstić information content (AvgIpc) is 2.25. The summed E-state index contributed by atoms with van der Waals surface area (Å²) < 4.78 is 0. The number of hydrogen-bond acceptors (Lipinski definition) is 3. The zero-order valence-electron chi connectivity index (χ0n) is 9.99. The highest BCUT2D eigenvalue weighted by molar-refractivity contribution is 5.78. The fourth-order valence-electron chi connectivity index (χ4n) is 1.42. The van der Waals surface area contributed by atoms with Crippen LogP contribution in [-0.4, -0.2) is 48.4 Å². The van der Waals surface area contributed by atoms with Gasteiger partial charge in [0, 0.05) is 26.1 Å². The lowest BCUT2D eigenvalue weighted by Crippen LogP contribution is -2.40. The van der Waals surface area contributed by atoms with Gasteiger partial charge in [0.25, 0.3) is 0 Å². The van der Waals surface area contributed by atoms with Crippen LogP contribution in [0.4, 0.5) is 0 Å². The molecule has 0 spiro atoms. The molecule has 0 bridgehead atoms. The topological polar surface area (TPSA) is 47.3 Å². The molecule has 0 aromatic heterocycles. The summed E-state index contributed by atoms with van der Waals surface area (Å²) in [6.45, 7) is 9.40. The van der Waals surface area contributed by atoms with Crippen LogP contribution in [0.2, 0.25) is 0 Å². The molecule has 15 heavy (non-hydrogen) atoms. The molecule has 0 aliphatic rings. The zero-order chi connectivity index (χ0) is 11.7. The molecule has 0 aromatic carbocycles. The molecule has 86 valence electrons. The quantitative estimate of drug-likeness (QED) is 0.633. The van der Waals surface area contributed by atoms with E-state index in [0.29, 0.717) is 19.5 Å². The van der Waals surface area contributed by atoms with Crippen molar-refractivity contribution in [3.8, 4) is 6.07 Å². The molecule has 1 amide bonds. The molecule has 0 fully saturated rings. The van der Waals surface area contributed by atoms with E-state index in [9.17, 15) is 4.79 Å². The van der Waals surface area contributed by atoms with Crippen molar-refractivity contribution in [3.05, 3.63) is 0 Å². The molecule has 0 aliphatic heterocycles. The Morgan fingerprint density at radius 3 is 2.20 bits per heavy atom. The van der Waals surface area contributed by atoms with Crippen LogP contribution in [0, 0.1) is 11.3 Å². The first-order valence-corrected chi connectivity index (χ1v) is 5.56. The second-order valence-electron chi connectivity index (χ2n) is 3.34. The van der Waals surface area contributed by atoms with Gasteiger partial charge in [-0.3, -0.25) is 9.69 Å². The van der Waals surface area contributed by atoms with Crippen LogP contribution < -0.4 is 0 Å². The molecule has 0 radical (unpaired) electrons. The molecule has 4 heteroatoms. The van der Waals surface area contributed by atoms with Crippen molar-refractivity contribution in [3.63, 3.8) is 0 Å². The first-order valence-electron chi connectivity index (χ1n) is 5.56. The van der Waals surface area contributed by atoms with Gasteiger partial charge in [0.2, 0.25) is 5.91 Å². The lowest BCUT2D eigenvalue weighted by Gasteiger charge is -2.24. The van der Waals surface area contributed by atoms with Gasteiger partial charge in [0.05, 0.1) is 12.6 Å². The standard InChI is InChI=1S/C11H21N3O/c1-4-13(9-7-8-12)10-11(15)14(5-2)6-3/h4-7,9-10H2,1-3H3. The maximum absolute atomic E-state index is 11.7. The Kier molecular flexibility index (Phi) is 7.65. The predicted octanol–water partition coefficient (Wildman–Crippen LogP) is 1.09. The highest BCUT2D eigenvalue weighted by Crippen LogP contribution is 1.95. The number of hydrogen-bond donors (Lipinski definition) is 0. The number of carbonyl (C=O) groups excluding carboxylic acids is 1. The molecule has 4 nitrogen and oxygen atoms in total. The maximum atomic E-state index is 11.7. The minimum absolute atomic E-state index is 0.153. The Labute approximate surface area is 92.5 Å². The number of nitriles is 1. The third kappa shape index (κ3) is 5.38. The Morgan fingerprint density at radius 2 is 1.80 bits per heavy atom. The summed E-state index contributed by atoms with van der Waals surface area (Å²) in [6, 6.07) is 2.10. The van der Waals surface area contributed by atoms with Gasteiger partial charge in [-0.05, 0) is 20.4 Å². The SMILES string of the molecule is CCN(CCC#N)CC(=O)N(CC)CC. The fourth-order valence-corrected chi connectivity index (χ4v) is 1.42. The van der Waals surface area contributed by atoms with Crippen LogP contribution in [0.5, 0.6) is 0 Å². The van der Waals surface area contributed by atoms with Crippen molar-refractivity contribution in [2.24, 2.45) is 0 Å². The third-order valence-electron chi connectivity index (χ3n) is 2.46. The van der Waals surface area contributed by atoms with E-state index in [1.54, 1.807) is 0 Å². The van der Waals surface area contributed by atoms with Gasteiger partial charge < -0.3 is 4.90 Å². The second-order valence-corrected chi connectivity index (χ2v) is 3.34. The number of nitrogens with zero attached hydrogens (tertiary/aromatic N) is 3. The molecule has 0 saturated carbocycles. The van der Waals surface area contributed by atoms with Crippen molar-refractivity contribution >= 4 is 5.91 Å². The van der Waals surface area contributed by atoms with Crippen LogP contribution in [-0.2, 0) is 4.79 Å². The minimum atomic E-state index is 0.153. The van der Waals surface area contributed by atoms with Gasteiger partial charge in [0.15, 0.2) is 0 Å². The fraction of sp³-hybridized carbons (Fsp3) is 0.818. The monoisotopic (exact) mass is 211 g/mol. The third-order valence-corrected chi connectivity index (χ3v) is 2.46. The van der Waals surface area contributed by atoms with Crippen LogP contribution in [0.25, 0.3) is 0 Å². The smallest absolute Gasteiger partial charge is 0.236 e. The summed E-state index contributed by atoms with van der Waals surface area (Å²) in [7, 11) is 0. The largest absolute Gasteiger partial charge is 0.342 e. The van der Waals surface area contributed by atoms with E-state index in [4.69, 9.17) is 5.26 Å². The van der Waals surface area contributed by atoms with E-state index < -0.39 is 0 Å². The minimum Gasteiger partial charge on any atom is -0.342 e. The molecule has 0 aromatic rings. The van der Waals surface area contributed by atoms with E-state index in [0.717, 1.165) is 19.6 Å². The summed E-state index contributed by atoms with van der Waals surface area (Å²) in [5.41, 5.74) is 0. The molecule has 0 rings (SSSR count). The second kappa shape index (κ2) is 8.25. The summed E-state index contributed by atoms with van der Waals surface area (Å²) >= 11 is 0. The van der Waals surface area contributed by atoms with Crippen molar-refractivity contribution in [1.29, 1.82) is 5.26 Å². The van der Waals surface area contributed by atoms with E-state index in [-0.39, 0.29) is 5.91 Å². The summed E-state index contributed by atoms with van der Waals surface area (Å²) in [4.78, 5) is 15.6. The van der Waals surface area contributed by atoms with Crippen molar-refractivity contribution < 1.29 is 4.79 Å². The van der Waals surface area contributed by atoms with Crippen LogP contribution in [0.1, 0.15) is 27.2 Å². The molecular formula is C11H21N3O. The zero-order valence-corrected chi connectivity index (χ0v) is 9.99. The van der Waals surface area contributed by atoms with Crippen LogP contribution in [0.3, 0.4) is 0 Å². The van der Waals surface area contributed by atoms with E-state index in [1.165, 1.54) is 0 Å². The summed E-state index contributed by atoms with van der Waals surface area (Å²) in [5, 5.41) is 8.47. The summed E-state index contributed by atoms with van der Waals surface area (Å²) in [5.74, 6) is 0.153. The number of carbonyl (C=O) groups is 1. The highest BCUT2D eigenvalue weighted by Gasteiger charge is 2.13. The van der Waals surface area contributed by atoms with Gasteiger partial charge >= 0.3 is 0 Å². The van der Waals surface area contributed by atoms with Crippen LogP contribution >= 0.6 is 0 Å². The highest BCUT2D eigenvalue weighted by atomic mass is 16.2. The van der Waals surface area contributed by atoms with Crippen molar-refractivity contribution in [1.82, 2.24) is 9.80 Å². The molecule has 0 atom stereocenters. The summed E-state index contributed by atoms with van der Waals surface area (Å²) in [6.07, 6.45) is 0.485. The Bertz CT molecular complexity index is 218. The first-order chi connectivity index (χ1) is 7.19. The van der Waals surface area contributed by atoms with E-state index in [1.807, 2.05) is 30.6 Å². The van der Waals surface area contributed by atoms with Crippen molar-refractivity contribution in [2.75, 3.05) is 32.7 Å². The molecule has 0 heterocycles. The van der Waals surface area contributed by atoms with Gasteiger partial charge in [0.1, 0.15) is 0 Å².